The van der Waals surface area contributed by atoms with E-state index in [9.17, 15) is 18.0 Å². The normalized spacial score (nSPS) is 11.6. The van der Waals surface area contributed by atoms with Crippen LogP contribution in [0.5, 0.6) is 0 Å². The van der Waals surface area contributed by atoms with Gasteiger partial charge in [-0.3, -0.25) is 4.79 Å². The van der Waals surface area contributed by atoms with Crippen LogP contribution in [-0.2, 0) is 12.6 Å². The molecule has 0 aliphatic rings. The van der Waals surface area contributed by atoms with Gasteiger partial charge in [0.15, 0.2) is 5.78 Å². The van der Waals surface area contributed by atoms with Gasteiger partial charge < -0.3 is 0 Å². The van der Waals surface area contributed by atoms with Gasteiger partial charge in [0.05, 0.1) is 5.56 Å². The molecule has 0 amide bonds. The van der Waals surface area contributed by atoms with Gasteiger partial charge in [-0.15, -0.1) is 0 Å². The van der Waals surface area contributed by atoms with E-state index >= 15 is 0 Å². The lowest BCUT2D eigenvalue weighted by molar-refractivity contribution is -0.138. The van der Waals surface area contributed by atoms with Crippen molar-refractivity contribution >= 4 is 5.78 Å². The number of ketones is 1. The van der Waals surface area contributed by atoms with E-state index in [1.165, 1.54) is 13.0 Å². The summed E-state index contributed by atoms with van der Waals surface area (Å²) in [5.41, 5.74) is 0.195. The minimum Gasteiger partial charge on any atom is -0.294 e. The van der Waals surface area contributed by atoms with Crippen molar-refractivity contribution in [3.8, 4) is 0 Å². The zero-order valence-corrected chi connectivity index (χ0v) is 9.40. The summed E-state index contributed by atoms with van der Waals surface area (Å²) >= 11 is 0. The lowest BCUT2D eigenvalue weighted by Gasteiger charge is -2.16. The van der Waals surface area contributed by atoms with Crippen LogP contribution < -0.4 is 0 Å². The van der Waals surface area contributed by atoms with Gasteiger partial charge in [-0.25, -0.2) is 0 Å². The number of hydrogen-bond acceptors (Lipinski definition) is 1. The van der Waals surface area contributed by atoms with E-state index in [0.717, 1.165) is 6.07 Å². The molecule has 0 saturated heterocycles. The number of aryl methyl sites for hydroxylation is 1. The molecule has 0 radical (unpaired) electrons. The molecule has 0 bridgehead atoms. The van der Waals surface area contributed by atoms with Gasteiger partial charge in [-0.05, 0) is 37.5 Å². The Balaban J connectivity index is 3.56. The van der Waals surface area contributed by atoms with Crippen molar-refractivity contribution in [2.24, 2.45) is 0 Å². The lowest BCUT2D eigenvalue weighted by Crippen LogP contribution is -2.13. The number of benzene rings is 1. The monoisotopic (exact) mass is 230 g/mol. The molecule has 0 heterocycles. The maximum Gasteiger partial charge on any atom is 0.416 e. The van der Waals surface area contributed by atoms with Crippen molar-refractivity contribution < 1.29 is 18.0 Å². The third-order valence-corrected chi connectivity index (χ3v) is 2.53. The Kier molecular flexibility index (Phi) is 3.41. The van der Waals surface area contributed by atoms with Crippen LogP contribution >= 0.6 is 0 Å². The van der Waals surface area contributed by atoms with Crippen LogP contribution in [-0.4, -0.2) is 5.78 Å². The molecular weight excluding hydrogens is 217 g/mol. The van der Waals surface area contributed by atoms with Crippen LogP contribution in [0, 0.1) is 6.92 Å². The van der Waals surface area contributed by atoms with E-state index in [0.29, 0.717) is 5.56 Å². The molecule has 1 aromatic carbocycles. The third-order valence-electron chi connectivity index (χ3n) is 2.53. The number of Topliss-reactive ketones (excluding diaryl/α,β-unsaturated/α-hetero) is 1. The summed E-state index contributed by atoms with van der Waals surface area (Å²) in [6.07, 6.45) is -4.20. The Bertz CT molecular complexity index is 419. The molecule has 0 atom stereocenters. The molecule has 16 heavy (non-hydrogen) atoms. The highest BCUT2D eigenvalue weighted by molar-refractivity contribution is 5.97. The molecule has 1 rings (SSSR count). The molecule has 0 aliphatic heterocycles. The predicted molar refractivity (Wildman–Crippen MR) is 55.6 cm³/mol. The minimum atomic E-state index is -4.40. The summed E-state index contributed by atoms with van der Waals surface area (Å²) in [6.45, 7) is 4.56. The Morgan fingerprint density at radius 3 is 2.25 bits per heavy atom. The van der Waals surface area contributed by atoms with E-state index in [-0.39, 0.29) is 23.3 Å². The van der Waals surface area contributed by atoms with Crippen LogP contribution in [0.25, 0.3) is 0 Å². The average Bonchev–Trinajstić information content (AvgIpc) is 2.14. The summed E-state index contributed by atoms with van der Waals surface area (Å²) in [5.74, 6) is -0.319. The predicted octanol–water partition coefficient (Wildman–Crippen LogP) is 3.78. The van der Waals surface area contributed by atoms with Gasteiger partial charge in [0.2, 0.25) is 0 Å². The first kappa shape index (κ1) is 12.7. The van der Waals surface area contributed by atoms with Crippen LogP contribution in [0.2, 0.25) is 0 Å². The van der Waals surface area contributed by atoms with E-state index in [4.69, 9.17) is 0 Å². The minimum absolute atomic E-state index is 0.0972. The van der Waals surface area contributed by atoms with E-state index in [1.807, 2.05) is 0 Å². The summed E-state index contributed by atoms with van der Waals surface area (Å²) in [6, 6.07) is 2.39. The van der Waals surface area contributed by atoms with E-state index < -0.39 is 11.7 Å². The fourth-order valence-electron chi connectivity index (χ4n) is 1.89. The van der Waals surface area contributed by atoms with Gasteiger partial charge >= 0.3 is 6.18 Å². The molecule has 0 N–H and O–H groups in total. The van der Waals surface area contributed by atoms with Crippen molar-refractivity contribution in [3.63, 3.8) is 0 Å². The number of hydrogen-bond donors (Lipinski definition) is 0. The second-order valence-electron chi connectivity index (χ2n) is 3.69. The number of halogens is 3. The van der Waals surface area contributed by atoms with Crippen molar-refractivity contribution in [2.45, 2.75) is 33.4 Å². The fourth-order valence-corrected chi connectivity index (χ4v) is 1.89. The quantitative estimate of drug-likeness (QED) is 0.706. The first-order chi connectivity index (χ1) is 7.29. The molecule has 1 aromatic rings. The molecule has 1 nitrogen and oxygen atoms in total. The van der Waals surface area contributed by atoms with Crippen molar-refractivity contribution in [1.82, 2.24) is 0 Å². The first-order valence-electron chi connectivity index (χ1n) is 4.99. The Morgan fingerprint density at radius 1 is 1.31 bits per heavy atom. The van der Waals surface area contributed by atoms with Gasteiger partial charge in [0, 0.05) is 5.56 Å². The highest BCUT2D eigenvalue weighted by Crippen LogP contribution is 2.34. The van der Waals surface area contributed by atoms with E-state index in [2.05, 4.69) is 0 Å². The number of carbonyl (C=O) groups excluding carboxylic acids is 1. The smallest absolute Gasteiger partial charge is 0.294 e. The van der Waals surface area contributed by atoms with Crippen molar-refractivity contribution in [3.05, 3.63) is 34.4 Å². The Morgan fingerprint density at radius 2 is 1.88 bits per heavy atom. The van der Waals surface area contributed by atoms with Crippen molar-refractivity contribution in [2.75, 3.05) is 0 Å². The molecule has 0 fully saturated rings. The van der Waals surface area contributed by atoms with Crippen molar-refractivity contribution in [1.29, 1.82) is 0 Å². The third kappa shape index (κ3) is 2.26. The molecule has 0 unspecified atom stereocenters. The van der Waals surface area contributed by atoms with E-state index in [1.54, 1.807) is 13.8 Å². The van der Waals surface area contributed by atoms with Gasteiger partial charge in [0.25, 0.3) is 0 Å². The fraction of sp³-hybridized carbons (Fsp3) is 0.417. The second kappa shape index (κ2) is 4.28. The van der Waals surface area contributed by atoms with Crippen LogP contribution in [0.4, 0.5) is 13.2 Å². The van der Waals surface area contributed by atoms with Gasteiger partial charge in [-0.2, -0.15) is 13.2 Å². The van der Waals surface area contributed by atoms with Gasteiger partial charge in [-0.1, -0.05) is 13.0 Å². The van der Waals surface area contributed by atoms with Crippen LogP contribution in [0.1, 0.15) is 40.9 Å². The Hall–Kier alpha value is -1.32. The first-order valence-corrected chi connectivity index (χ1v) is 4.99. The summed E-state index contributed by atoms with van der Waals surface area (Å²) in [4.78, 5) is 11.4. The summed E-state index contributed by atoms with van der Waals surface area (Å²) in [7, 11) is 0. The zero-order chi connectivity index (χ0) is 12.5. The molecule has 0 aliphatic carbocycles. The number of carbonyl (C=O) groups is 1. The summed E-state index contributed by atoms with van der Waals surface area (Å²) in [5, 5.41) is 0. The maximum atomic E-state index is 12.7. The highest BCUT2D eigenvalue weighted by Gasteiger charge is 2.34. The molecule has 0 saturated carbocycles. The Labute approximate surface area is 92.3 Å². The number of alkyl halides is 3. The maximum absolute atomic E-state index is 12.7. The second-order valence-corrected chi connectivity index (χ2v) is 3.69. The molecular formula is C12H13F3O. The largest absolute Gasteiger partial charge is 0.416 e. The summed E-state index contributed by atoms with van der Waals surface area (Å²) < 4.78 is 38.1. The number of rotatable bonds is 2. The SMILES string of the molecule is CCc1c(C(F)(F)F)ccc(C)c1C(C)=O. The molecule has 88 valence electrons. The molecule has 0 spiro atoms. The molecule has 4 heteroatoms. The standard InChI is InChI=1S/C12H13F3O/c1-4-9-10(12(13,14)15)6-5-7(2)11(9)8(3)16/h5-6H,4H2,1-3H3. The zero-order valence-electron chi connectivity index (χ0n) is 9.40. The molecule has 0 aromatic heterocycles. The highest BCUT2D eigenvalue weighted by atomic mass is 19.4. The van der Waals surface area contributed by atoms with Crippen LogP contribution in [0.3, 0.4) is 0 Å². The van der Waals surface area contributed by atoms with Crippen LogP contribution in [0.15, 0.2) is 12.1 Å². The van der Waals surface area contributed by atoms with Gasteiger partial charge in [0.1, 0.15) is 0 Å². The lowest BCUT2D eigenvalue weighted by atomic mass is 9.92. The topological polar surface area (TPSA) is 17.1 Å². The average molecular weight is 230 g/mol.